The van der Waals surface area contributed by atoms with Gasteiger partial charge >= 0.3 is 0 Å². The third-order valence-electron chi connectivity index (χ3n) is 5.27. The maximum absolute atomic E-state index is 12.6. The number of amides is 2. The van der Waals surface area contributed by atoms with Gasteiger partial charge in [-0.25, -0.2) is 0 Å². The van der Waals surface area contributed by atoms with Gasteiger partial charge in [-0.1, -0.05) is 12.1 Å². The predicted molar refractivity (Wildman–Crippen MR) is 110 cm³/mol. The first-order valence-corrected chi connectivity index (χ1v) is 9.86. The first kappa shape index (κ1) is 19.3. The molecule has 0 spiro atoms. The van der Waals surface area contributed by atoms with Crippen LogP contribution in [-0.4, -0.2) is 43.1 Å². The molecule has 29 heavy (non-hydrogen) atoms. The molecule has 1 saturated heterocycles. The standard InChI is InChI=1S/C22H25N3O4/c1-15-3-2-4-17(11-15)23-21(26)13-25-9-7-16(8-10-25)22(27)24-18-5-6-19-20(12-18)29-14-28-19/h2-6,11-12,16H,7-10,13-14H2,1H3,(H,23,26)(H,24,27). The van der Waals surface area contributed by atoms with Crippen LogP contribution in [0.15, 0.2) is 42.5 Å². The smallest absolute Gasteiger partial charge is 0.238 e. The Kier molecular flexibility index (Phi) is 5.67. The minimum atomic E-state index is -0.0588. The first-order chi connectivity index (χ1) is 14.1. The van der Waals surface area contributed by atoms with Gasteiger partial charge in [0.25, 0.3) is 0 Å². The summed E-state index contributed by atoms with van der Waals surface area (Å²) in [7, 11) is 0. The Hall–Kier alpha value is -3.06. The van der Waals surface area contributed by atoms with E-state index in [4.69, 9.17) is 9.47 Å². The van der Waals surface area contributed by atoms with Crippen molar-refractivity contribution in [1.82, 2.24) is 4.90 Å². The fourth-order valence-corrected chi connectivity index (χ4v) is 3.70. The van der Waals surface area contributed by atoms with Gasteiger partial charge in [0, 0.05) is 23.4 Å². The van der Waals surface area contributed by atoms with Crippen molar-refractivity contribution in [3.05, 3.63) is 48.0 Å². The molecule has 152 valence electrons. The Morgan fingerprint density at radius 2 is 1.76 bits per heavy atom. The normalized spacial score (nSPS) is 16.4. The molecule has 2 aromatic rings. The number of aryl methyl sites for hydroxylation is 1. The minimum absolute atomic E-state index is 0.00716. The van der Waals surface area contributed by atoms with Gasteiger partial charge in [0.15, 0.2) is 11.5 Å². The fraction of sp³-hybridized carbons (Fsp3) is 0.364. The molecular formula is C22H25N3O4. The van der Waals surface area contributed by atoms with Crippen molar-refractivity contribution >= 4 is 23.2 Å². The molecule has 7 heteroatoms. The highest BCUT2D eigenvalue weighted by Gasteiger charge is 2.26. The Bertz CT molecular complexity index is 907. The summed E-state index contributed by atoms with van der Waals surface area (Å²) in [6.07, 6.45) is 1.46. The maximum Gasteiger partial charge on any atom is 0.238 e. The molecule has 2 N–H and O–H groups in total. The number of carbonyl (C=O) groups excluding carboxylic acids is 2. The van der Waals surface area contributed by atoms with E-state index in [9.17, 15) is 9.59 Å². The van der Waals surface area contributed by atoms with Gasteiger partial charge in [-0.2, -0.15) is 0 Å². The van der Waals surface area contributed by atoms with Crippen LogP contribution in [0.5, 0.6) is 11.5 Å². The van der Waals surface area contributed by atoms with Crippen molar-refractivity contribution in [1.29, 1.82) is 0 Å². The quantitative estimate of drug-likeness (QED) is 0.814. The van der Waals surface area contributed by atoms with Crippen molar-refractivity contribution in [2.75, 3.05) is 37.1 Å². The number of anilines is 2. The van der Waals surface area contributed by atoms with Crippen LogP contribution < -0.4 is 20.1 Å². The minimum Gasteiger partial charge on any atom is -0.454 e. The van der Waals surface area contributed by atoms with Gasteiger partial charge in [0.2, 0.25) is 18.6 Å². The van der Waals surface area contributed by atoms with E-state index >= 15 is 0 Å². The molecule has 2 amide bonds. The summed E-state index contributed by atoms with van der Waals surface area (Å²) in [6, 6.07) is 13.2. The number of rotatable bonds is 5. The second-order valence-corrected chi connectivity index (χ2v) is 7.53. The lowest BCUT2D eigenvalue weighted by Gasteiger charge is -2.30. The Morgan fingerprint density at radius 3 is 2.55 bits per heavy atom. The van der Waals surface area contributed by atoms with Crippen molar-refractivity contribution in [3.63, 3.8) is 0 Å². The number of hydrogen-bond donors (Lipinski definition) is 2. The Morgan fingerprint density at radius 1 is 1.00 bits per heavy atom. The van der Waals surface area contributed by atoms with E-state index in [-0.39, 0.29) is 24.5 Å². The van der Waals surface area contributed by atoms with E-state index in [0.717, 1.165) is 37.2 Å². The molecule has 1 fully saturated rings. The average Bonchev–Trinajstić information content (AvgIpc) is 3.16. The Balaban J connectivity index is 1.23. The average molecular weight is 395 g/mol. The van der Waals surface area contributed by atoms with E-state index < -0.39 is 0 Å². The highest BCUT2D eigenvalue weighted by atomic mass is 16.7. The molecule has 0 saturated carbocycles. The molecule has 7 nitrogen and oxygen atoms in total. The number of hydrogen-bond acceptors (Lipinski definition) is 5. The summed E-state index contributed by atoms with van der Waals surface area (Å²) in [5.41, 5.74) is 2.63. The second kappa shape index (κ2) is 8.53. The Labute approximate surface area is 170 Å². The topological polar surface area (TPSA) is 79.9 Å². The molecule has 0 atom stereocenters. The molecule has 2 aromatic carbocycles. The molecular weight excluding hydrogens is 370 g/mol. The summed E-state index contributed by atoms with van der Waals surface area (Å²) in [4.78, 5) is 27.0. The van der Waals surface area contributed by atoms with Gasteiger partial charge in [-0.3, -0.25) is 14.5 Å². The summed E-state index contributed by atoms with van der Waals surface area (Å²) >= 11 is 0. The molecule has 0 unspecified atom stereocenters. The van der Waals surface area contributed by atoms with Crippen molar-refractivity contribution in [2.45, 2.75) is 19.8 Å². The van der Waals surface area contributed by atoms with Gasteiger partial charge in [-0.15, -0.1) is 0 Å². The van der Waals surface area contributed by atoms with Crippen molar-refractivity contribution in [3.8, 4) is 11.5 Å². The summed E-state index contributed by atoms with van der Waals surface area (Å²) in [6.45, 7) is 3.99. The lowest BCUT2D eigenvalue weighted by molar-refractivity contribution is -0.121. The molecule has 0 aliphatic carbocycles. The highest BCUT2D eigenvalue weighted by Crippen LogP contribution is 2.34. The molecule has 0 aromatic heterocycles. The summed E-state index contributed by atoms with van der Waals surface area (Å²) in [5.74, 6) is 1.26. The molecule has 2 aliphatic heterocycles. The van der Waals surface area contributed by atoms with E-state index in [1.807, 2.05) is 37.3 Å². The second-order valence-electron chi connectivity index (χ2n) is 7.53. The number of fused-ring (bicyclic) bond motifs is 1. The van der Waals surface area contributed by atoms with Crippen LogP contribution in [0.3, 0.4) is 0 Å². The van der Waals surface area contributed by atoms with E-state index in [1.54, 1.807) is 12.1 Å². The van der Waals surface area contributed by atoms with Crippen LogP contribution in [-0.2, 0) is 9.59 Å². The number of nitrogens with one attached hydrogen (secondary N) is 2. The zero-order valence-electron chi connectivity index (χ0n) is 16.4. The molecule has 4 rings (SSSR count). The number of benzene rings is 2. The zero-order valence-corrected chi connectivity index (χ0v) is 16.4. The van der Waals surface area contributed by atoms with Gasteiger partial charge in [0.1, 0.15) is 0 Å². The van der Waals surface area contributed by atoms with Gasteiger partial charge in [-0.05, 0) is 62.7 Å². The molecule has 0 bridgehead atoms. The van der Waals surface area contributed by atoms with Crippen LogP contribution in [0.2, 0.25) is 0 Å². The van der Waals surface area contributed by atoms with Crippen molar-refractivity contribution < 1.29 is 19.1 Å². The monoisotopic (exact) mass is 395 g/mol. The van der Waals surface area contributed by atoms with Crippen LogP contribution >= 0.6 is 0 Å². The van der Waals surface area contributed by atoms with Crippen molar-refractivity contribution in [2.24, 2.45) is 5.92 Å². The third kappa shape index (κ3) is 4.86. The molecule has 2 aliphatic rings. The van der Waals surface area contributed by atoms with E-state index in [1.165, 1.54) is 0 Å². The van der Waals surface area contributed by atoms with Crippen LogP contribution in [0, 0.1) is 12.8 Å². The number of likely N-dealkylation sites (tertiary alicyclic amines) is 1. The van der Waals surface area contributed by atoms with E-state index in [0.29, 0.717) is 23.7 Å². The van der Waals surface area contributed by atoms with E-state index in [2.05, 4.69) is 15.5 Å². The molecule has 0 radical (unpaired) electrons. The summed E-state index contributed by atoms with van der Waals surface area (Å²) in [5, 5.41) is 5.90. The van der Waals surface area contributed by atoms with Crippen LogP contribution in [0.4, 0.5) is 11.4 Å². The predicted octanol–water partition coefficient (Wildman–Crippen LogP) is 3.01. The highest BCUT2D eigenvalue weighted by molar-refractivity contribution is 5.93. The number of nitrogens with zero attached hydrogens (tertiary/aromatic N) is 1. The number of carbonyl (C=O) groups is 2. The number of ether oxygens (including phenoxy) is 2. The lowest BCUT2D eigenvalue weighted by Crippen LogP contribution is -2.41. The third-order valence-corrected chi connectivity index (χ3v) is 5.27. The van der Waals surface area contributed by atoms with Crippen LogP contribution in [0.25, 0.3) is 0 Å². The fourth-order valence-electron chi connectivity index (χ4n) is 3.70. The first-order valence-electron chi connectivity index (χ1n) is 9.86. The largest absolute Gasteiger partial charge is 0.454 e. The van der Waals surface area contributed by atoms with Crippen LogP contribution in [0.1, 0.15) is 18.4 Å². The van der Waals surface area contributed by atoms with Gasteiger partial charge < -0.3 is 20.1 Å². The zero-order chi connectivity index (χ0) is 20.2. The van der Waals surface area contributed by atoms with Gasteiger partial charge in [0.05, 0.1) is 6.54 Å². The maximum atomic E-state index is 12.6. The SMILES string of the molecule is Cc1cccc(NC(=O)CN2CCC(C(=O)Nc3ccc4c(c3)OCO4)CC2)c1. The lowest BCUT2D eigenvalue weighted by atomic mass is 9.95. The number of piperidine rings is 1. The summed E-state index contributed by atoms with van der Waals surface area (Å²) < 4.78 is 10.6. The molecule has 2 heterocycles.